The Morgan fingerprint density at radius 3 is 2.62 bits per heavy atom. The third-order valence-corrected chi connectivity index (χ3v) is 3.73. The van der Waals surface area contributed by atoms with E-state index in [1.54, 1.807) is 18.5 Å². The van der Waals surface area contributed by atoms with Gasteiger partial charge in [0.05, 0.1) is 5.69 Å². The van der Waals surface area contributed by atoms with Gasteiger partial charge in [0.2, 0.25) is 0 Å². The lowest BCUT2D eigenvalue weighted by molar-refractivity contribution is 0.141. The summed E-state index contributed by atoms with van der Waals surface area (Å²) in [5.74, 6) is 0.636. The first kappa shape index (κ1) is 17.7. The van der Waals surface area contributed by atoms with E-state index < -0.39 is 0 Å². The Balaban J connectivity index is 1.50. The highest BCUT2D eigenvalue weighted by Crippen LogP contribution is 2.12. The molecule has 0 aliphatic heterocycles. The molecule has 0 spiro atoms. The highest BCUT2D eigenvalue weighted by molar-refractivity contribution is 5.96. The molecule has 0 amide bonds. The molecule has 0 bridgehead atoms. The van der Waals surface area contributed by atoms with Crippen LogP contribution in [0.4, 0.5) is 0 Å². The van der Waals surface area contributed by atoms with Crippen LogP contribution < -0.4 is 0 Å². The van der Waals surface area contributed by atoms with Gasteiger partial charge in [-0.25, -0.2) is 15.0 Å². The van der Waals surface area contributed by atoms with Crippen LogP contribution in [0.2, 0.25) is 0 Å². The van der Waals surface area contributed by atoms with Crippen molar-refractivity contribution in [2.24, 2.45) is 5.16 Å². The Morgan fingerprint density at radius 2 is 1.81 bits per heavy atom. The van der Waals surface area contributed by atoms with Crippen molar-refractivity contribution in [3.63, 3.8) is 0 Å². The summed E-state index contributed by atoms with van der Waals surface area (Å²) in [5.41, 5.74) is 4.34. The molecular formula is C20H21N5O. The van der Waals surface area contributed by atoms with Crippen LogP contribution in [0, 0.1) is 6.92 Å². The number of oxime groups is 1. The van der Waals surface area contributed by atoms with E-state index in [0.29, 0.717) is 12.4 Å². The monoisotopic (exact) mass is 347 g/mol. The minimum atomic E-state index is 0.525. The van der Waals surface area contributed by atoms with Crippen LogP contribution in [0.5, 0.6) is 0 Å². The fourth-order valence-corrected chi connectivity index (χ4v) is 2.43. The predicted molar refractivity (Wildman–Crippen MR) is 101 cm³/mol. The highest BCUT2D eigenvalue weighted by Gasteiger charge is 2.04. The van der Waals surface area contributed by atoms with Crippen molar-refractivity contribution in [1.82, 2.24) is 19.9 Å². The standard InChI is InChI=1S/C20H21N5O/c1-15-7-3-10-18(23-15)16(2)25-26-14-5-9-17-8-4-11-19(24-17)20-21-12-6-13-22-20/h3-4,6-8,10-13H,5,9,14H2,1-2H3/b25-16+. The van der Waals surface area contributed by atoms with E-state index in [-0.39, 0.29) is 0 Å². The molecule has 0 unspecified atom stereocenters. The van der Waals surface area contributed by atoms with Gasteiger partial charge in [0, 0.05) is 23.8 Å². The van der Waals surface area contributed by atoms with Crippen LogP contribution >= 0.6 is 0 Å². The summed E-state index contributed by atoms with van der Waals surface area (Å²) in [6.07, 6.45) is 5.06. The third kappa shape index (κ3) is 4.92. The molecule has 6 heteroatoms. The predicted octanol–water partition coefficient (Wildman–Crippen LogP) is 3.62. The molecule has 26 heavy (non-hydrogen) atoms. The van der Waals surface area contributed by atoms with Crippen molar-refractivity contribution >= 4 is 5.71 Å². The van der Waals surface area contributed by atoms with Crippen LogP contribution in [0.25, 0.3) is 11.5 Å². The van der Waals surface area contributed by atoms with Gasteiger partial charge >= 0.3 is 0 Å². The van der Waals surface area contributed by atoms with Gasteiger partial charge in [0.1, 0.15) is 18.0 Å². The molecule has 0 radical (unpaired) electrons. The van der Waals surface area contributed by atoms with Gasteiger partial charge in [-0.05, 0) is 57.0 Å². The van der Waals surface area contributed by atoms with Crippen LogP contribution in [0.15, 0.2) is 60.0 Å². The van der Waals surface area contributed by atoms with Crippen molar-refractivity contribution in [2.45, 2.75) is 26.7 Å². The molecule has 0 saturated heterocycles. The Bertz CT molecular complexity index is 880. The maximum Gasteiger partial charge on any atom is 0.178 e. The Morgan fingerprint density at radius 1 is 1.00 bits per heavy atom. The topological polar surface area (TPSA) is 73.2 Å². The Labute approximate surface area is 153 Å². The molecule has 0 fully saturated rings. The number of hydrogen-bond acceptors (Lipinski definition) is 6. The molecule has 0 saturated carbocycles. The van der Waals surface area contributed by atoms with Gasteiger partial charge in [0.25, 0.3) is 0 Å². The fraction of sp³-hybridized carbons (Fsp3) is 0.250. The van der Waals surface area contributed by atoms with Crippen LogP contribution in [0.3, 0.4) is 0 Å². The number of rotatable bonds is 7. The summed E-state index contributed by atoms with van der Waals surface area (Å²) < 4.78 is 0. The lowest BCUT2D eigenvalue weighted by Crippen LogP contribution is -2.02. The minimum absolute atomic E-state index is 0.525. The van der Waals surface area contributed by atoms with Crippen LogP contribution in [-0.2, 0) is 11.3 Å². The first-order chi connectivity index (χ1) is 12.7. The van der Waals surface area contributed by atoms with E-state index in [4.69, 9.17) is 4.84 Å². The van der Waals surface area contributed by atoms with E-state index in [1.165, 1.54) is 0 Å². The first-order valence-corrected chi connectivity index (χ1v) is 8.56. The van der Waals surface area contributed by atoms with Crippen molar-refractivity contribution in [3.05, 3.63) is 71.9 Å². The van der Waals surface area contributed by atoms with Crippen molar-refractivity contribution in [2.75, 3.05) is 6.61 Å². The van der Waals surface area contributed by atoms with Crippen molar-refractivity contribution in [3.8, 4) is 11.5 Å². The quantitative estimate of drug-likeness (QED) is 0.371. The average Bonchev–Trinajstić information content (AvgIpc) is 2.68. The molecule has 0 aliphatic carbocycles. The first-order valence-electron chi connectivity index (χ1n) is 8.56. The molecule has 3 heterocycles. The van der Waals surface area contributed by atoms with E-state index >= 15 is 0 Å². The summed E-state index contributed by atoms with van der Waals surface area (Å²) >= 11 is 0. The largest absolute Gasteiger partial charge is 0.396 e. The average molecular weight is 347 g/mol. The van der Waals surface area contributed by atoms with Crippen LogP contribution in [-0.4, -0.2) is 32.3 Å². The third-order valence-electron chi connectivity index (χ3n) is 3.73. The summed E-state index contributed by atoms with van der Waals surface area (Å²) in [4.78, 5) is 22.9. The Hall–Kier alpha value is -3.15. The van der Waals surface area contributed by atoms with E-state index in [0.717, 1.165) is 41.3 Å². The maximum atomic E-state index is 5.42. The number of hydrogen-bond donors (Lipinski definition) is 0. The van der Waals surface area contributed by atoms with Gasteiger partial charge in [-0.2, -0.15) is 0 Å². The van der Waals surface area contributed by atoms with Crippen LogP contribution in [0.1, 0.15) is 30.4 Å². The molecule has 0 aromatic carbocycles. The second-order valence-electron chi connectivity index (χ2n) is 5.86. The molecular weight excluding hydrogens is 326 g/mol. The van der Waals surface area contributed by atoms with Crippen molar-refractivity contribution in [1.29, 1.82) is 0 Å². The van der Waals surface area contributed by atoms with Gasteiger partial charge in [-0.1, -0.05) is 17.3 Å². The summed E-state index contributed by atoms with van der Waals surface area (Å²) in [7, 11) is 0. The molecule has 0 aliphatic rings. The SMILES string of the molecule is C/C(=N\OCCCc1cccc(-c2ncccn2)n1)c1cccc(C)n1. The summed E-state index contributed by atoms with van der Waals surface area (Å²) in [6.45, 7) is 4.38. The summed E-state index contributed by atoms with van der Waals surface area (Å²) in [6, 6.07) is 13.5. The number of aryl methyl sites for hydroxylation is 2. The van der Waals surface area contributed by atoms with Gasteiger partial charge in [-0.3, -0.25) is 4.98 Å². The van der Waals surface area contributed by atoms with Gasteiger partial charge < -0.3 is 4.84 Å². The van der Waals surface area contributed by atoms with Crippen molar-refractivity contribution < 1.29 is 4.84 Å². The fourth-order valence-electron chi connectivity index (χ4n) is 2.43. The molecule has 0 N–H and O–H groups in total. The van der Waals surface area contributed by atoms with E-state index in [1.807, 2.05) is 50.2 Å². The highest BCUT2D eigenvalue weighted by atomic mass is 16.6. The lowest BCUT2D eigenvalue weighted by Gasteiger charge is -2.04. The number of nitrogens with zero attached hydrogens (tertiary/aromatic N) is 5. The molecule has 132 valence electrons. The minimum Gasteiger partial charge on any atom is -0.396 e. The maximum absolute atomic E-state index is 5.42. The van der Waals surface area contributed by atoms with E-state index in [9.17, 15) is 0 Å². The normalized spacial score (nSPS) is 11.4. The second-order valence-corrected chi connectivity index (χ2v) is 5.86. The molecule has 3 aromatic heterocycles. The summed E-state index contributed by atoms with van der Waals surface area (Å²) in [5, 5.41) is 4.15. The van der Waals surface area contributed by atoms with Gasteiger partial charge in [-0.15, -0.1) is 0 Å². The van der Waals surface area contributed by atoms with E-state index in [2.05, 4.69) is 25.1 Å². The smallest absolute Gasteiger partial charge is 0.178 e. The zero-order valence-corrected chi connectivity index (χ0v) is 15.0. The molecule has 0 atom stereocenters. The van der Waals surface area contributed by atoms with Gasteiger partial charge in [0.15, 0.2) is 5.82 Å². The number of aromatic nitrogens is 4. The lowest BCUT2D eigenvalue weighted by atomic mass is 10.2. The second kappa shape index (κ2) is 8.80. The zero-order valence-electron chi connectivity index (χ0n) is 15.0. The molecule has 3 aromatic rings. The molecule has 3 rings (SSSR count). The Kier molecular flexibility index (Phi) is 5.98. The molecule has 6 nitrogen and oxygen atoms in total. The zero-order chi connectivity index (χ0) is 18.2. The number of pyridine rings is 2.